The molecule has 53 heavy (non-hydrogen) atoms. The number of nitrogens with zero attached hydrogens (tertiary/aromatic N) is 5. The summed E-state index contributed by atoms with van der Waals surface area (Å²) in [6.45, 7) is 9.15. The summed E-state index contributed by atoms with van der Waals surface area (Å²) < 4.78 is 14.5. The number of fused-ring (bicyclic) bond motifs is 2. The first-order valence-electron chi connectivity index (χ1n) is 18.2. The number of carbonyl (C=O) groups is 2. The molecule has 1 fully saturated rings. The molecule has 1 aliphatic carbocycles. The Balaban J connectivity index is 1.15. The largest absolute Gasteiger partial charge is 0.496 e. The van der Waals surface area contributed by atoms with E-state index in [1.165, 1.54) is 4.90 Å². The number of ether oxygens (including phenoxy) is 2. The summed E-state index contributed by atoms with van der Waals surface area (Å²) in [4.78, 5) is 35.6. The van der Waals surface area contributed by atoms with Gasteiger partial charge in [-0.3, -0.25) is 19.4 Å². The van der Waals surface area contributed by atoms with E-state index in [4.69, 9.17) is 37.7 Å². The maximum absolute atomic E-state index is 12.7. The monoisotopic (exact) mass is 759 g/mol. The number of benzene rings is 3. The Kier molecular flexibility index (Phi) is 10.3. The molecule has 1 amide bonds. The van der Waals surface area contributed by atoms with Gasteiger partial charge in [-0.1, -0.05) is 74.3 Å². The number of carboxylic acids is 1. The van der Waals surface area contributed by atoms with Crippen molar-refractivity contribution in [2.75, 3.05) is 32.1 Å². The van der Waals surface area contributed by atoms with Gasteiger partial charge in [-0.2, -0.15) is 0 Å². The average molecular weight is 761 g/mol. The van der Waals surface area contributed by atoms with Crippen molar-refractivity contribution in [1.29, 1.82) is 0 Å². The summed E-state index contributed by atoms with van der Waals surface area (Å²) >= 11 is 14.1. The van der Waals surface area contributed by atoms with E-state index in [2.05, 4.69) is 49.8 Å². The molecule has 12 heteroatoms. The van der Waals surface area contributed by atoms with Gasteiger partial charge < -0.3 is 24.0 Å². The fourth-order valence-electron chi connectivity index (χ4n) is 8.77. The zero-order valence-corrected chi connectivity index (χ0v) is 32.7. The molecule has 0 bridgehead atoms. The fourth-order valence-corrected chi connectivity index (χ4v) is 9.32. The quantitative estimate of drug-likeness (QED) is 0.162. The Morgan fingerprint density at radius 2 is 1.79 bits per heavy atom. The lowest BCUT2D eigenvalue weighted by Gasteiger charge is -2.37. The molecular weight excluding hydrogens is 713 g/mol. The first-order chi connectivity index (χ1) is 25.3. The molecule has 4 aromatic rings. The van der Waals surface area contributed by atoms with Crippen LogP contribution in [0.15, 0.2) is 48.5 Å². The van der Waals surface area contributed by atoms with Gasteiger partial charge in [-0.05, 0) is 67.1 Å². The highest BCUT2D eigenvalue weighted by atomic mass is 35.5. The number of rotatable bonds is 10. The Labute approximate surface area is 321 Å². The molecule has 3 aliphatic rings. The number of anilines is 2. The van der Waals surface area contributed by atoms with E-state index in [1.54, 1.807) is 7.11 Å². The van der Waals surface area contributed by atoms with Crippen molar-refractivity contribution >= 4 is 47.2 Å². The smallest absolute Gasteiger partial charge is 0.308 e. The molecular formula is C41H47Cl2N5O5. The fraction of sp³-hybridized carbons (Fsp3) is 0.439. The van der Waals surface area contributed by atoms with Crippen LogP contribution in [-0.2, 0) is 42.6 Å². The Morgan fingerprint density at radius 3 is 2.51 bits per heavy atom. The van der Waals surface area contributed by atoms with Crippen molar-refractivity contribution in [1.82, 2.24) is 19.4 Å². The van der Waals surface area contributed by atoms with Gasteiger partial charge in [0.1, 0.15) is 17.6 Å². The minimum absolute atomic E-state index is 0.123. The van der Waals surface area contributed by atoms with Crippen molar-refractivity contribution in [3.8, 4) is 22.6 Å². The average Bonchev–Trinajstić information content (AvgIpc) is 3.82. The maximum Gasteiger partial charge on any atom is 0.308 e. The number of amides is 1. The highest BCUT2D eigenvalue weighted by molar-refractivity contribution is 6.36. The Hall–Kier alpha value is -4.09. The first-order valence-corrected chi connectivity index (χ1v) is 18.9. The summed E-state index contributed by atoms with van der Waals surface area (Å²) in [6, 6.07) is 15.5. The van der Waals surface area contributed by atoms with Crippen molar-refractivity contribution in [2.45, 2.75) is 71.7 Å². The van der Waals surface area contributed by atoms with E-state index in [9.17, 15) is 14.7 Å². The maximum atomic E-state index is 12.7. The summed E-state index contributed by atoms with van der Waals surface area (Å²) in [5.74, 6) is 0.532. The summed E-state index contributed by atoms with van der Waals surface area (Å²) in [7, 11) is 5.65. The van der Waals surface area contributed by atoms with Gasteiger partial charge in [0, 0.05) is 62.0 Å². The highest BCUT2D eigenvalue weighted by Gasteiger charge is 2.45. The number of carbonyl (C=O) groups excluding carboxylic acids is 1. The third-order valence-electron chi connectivity index (χ3n) is 11.2. The third kappa shape index (κ3) is 6.91. The van der Waals surface area contributed by atoms with Gasteiger partial charge in [0.05, 0.1) is 34.5 Å². The number of halogens is 2. The van der Waals surface area contributed by atoms with Crippen molar-refractivity contribution in [2.24, 2.45) is 18.4 Å². The zero-order valence-electron chi connectivity index (χ0n) is 31.2. The first kappa shape index (κ1) is 37.2. The second kappa shape index (κ2) is 14.6. The topological polar surface area (TPSA) is 100 Å². The van der Waals surface area contributed by atoms with Gasteiger partial charge in [-0.25, -0.2) is 4.98 Å². The van der Waals surface area contributed by atoms with E-state index in [0.29, 0.717) is 52.7 Å². The molecule has 7 rings (SSSR count). The van der Waals surface area contributed by atoms with Crippen molar-refractivity contribution in [3.05, 3.63) is 86.7 Å². The molecule has 0 saturated carbocycles. The van der Waals surface area contributed by atoms with E-state index in [-0.39, 0.29) is 17.6 Å². The van der Waals surface area contributed by atoms with E-state index >= 15 is 0 Å². The van der Waals surface area contributed by atoms with Crippen LogP contribution in [0.25, 0.3) is 11.1 Å². The molecule has 1 aromatic heterocycles. The Morgan fingerprint density at radius 1 is 1.04 bits per heavy atom. The summed E-state index contributed by atoms with van der Waals surface area (Å²) in [6.07, 6.45) is 3.52. The molecule has 3 aromatic carbocycles. The third-order valence-corrected chi connectivity index (χ3v) is 11.9. The standard InChI is InChI=1S/C41H47Cl2N5O5/c1-41(2,3)38-29(39(50)51)15-18-47(38)21-24-19-30(42)36(20-35(24)52-6)53-34-14-13-26-25(9-7-10-27(26)34)28-11-8-12-33(37(28)43)48(23-49)40-44-31-22-45(4)17-16-32(31)46(40)5/h7-12,19-20,23,29,34,38H,13-18,21-22H2,1-6H3,(H,50,51). The van der Waals surface area contributed by atoms with Gasteiger partial charge in [0.25, 0.3) is 0 Å². The molecule has 2 aliphatic heterocycles. The summed E-state index contributed by atoms with van der Waals surface area (Å²) in [5, 5.41) is 10.9. The second-order valence-corrected chi connectivity index (χ2v) is 16.4. The molecule has 0 radical (unpaired) electrons. The molecule has 3 atom stereocenters. The number of aliphatic carboxylic acids is 1. The van der Waals surface area contributed by atoms with Crippen LogP contribution in [0.2, 0.25) is 10.0 Å². The SMILES string of the molecule is COc1cc(OC2CCc3c(-c4cccc(N(C=O)c5nc6c(n5C)CCN(C)C6)c4Cl)cccc32)c(Cl)cc1CN1CCC(C(=O)O)C1C(C)(C)C. The normalized spacial score (nSPS) is 20.3. The number of hydrogen-bond acceptors (Lipinski definition) is 7. The number of likely N-dealkylation sites (tertiary alicyclic amines) is 1. The number of methoxy groups -OCH3 is 1. The van der Waals surface area contributed by atoms with Crippen LogP contribution in [-0.4, -0.2) is 70.1 Å². The second-order valence-electron chi connectivity index (χ2n) is 15.6. The van der Waals surface area contributed by atoms with Crippen LogP contribution in [0, 0.1) is 11.3 Å². The molecule has 280 valence electrons. The summed E-state index contributed by atoms with van der Waals surface area (Å²) in [5.41, 5.74) is 7.36. The van der Waals surface area contributed by atoms with E-state index in [1.807, 2.05) is 48.0 Å². The van der Waals surface area contributed by atoms with Crippen LogP contribution in [0.5, 0.6) is 11.5 Å². The lowest BCUT2D eigenvalue weighted by Crippen LogP contribution is -2.44. The number of aromatic nitrogens is 2. The Bertz CT molecular complexity index is 2060. The molecule has 3 unspecified atom stereocenters. The molecule has 10 nitrogen and oxygen atoms in total. The van der Waals surface area contributed by atoms with Crippen LogP contribution in [0.1, 0.15) is 67.8 Å². The van der Waals surface area contributed by atoms with Gasteiger partial charge in [0.15, 0.2) is 0 Å². The van der Waals surface area contributed by atoms with Crippen LogP contribution >= 0.6 is 23.2 Å². The predicted molar refractivity (Wildman–Crippen MR) is 207 cm³/mol. The molecule has 3 heterocycles. The predicted octanol–water partition coefficient (Wildman–Crippen LogP) is 8.07. The van der Waals surface area contributed by atoms with Gasteiger partial charge in [-0.15, -0.1) is 0 Å². The minimum Gasteiger partial charge on any atom is -0.496 e. The number of hydrogen-bond donors (Lipinski definition) is 1. The van der Waals surface area contributed by atoms with Crippen LogP contribution in [0.4, 0.5) is 11.6 Å². The minimum atomic E-state index is -0.755. The van der Waals surface area contributed by atoms with Crippen LogP contribution < -0.4 is 14.4 Å². The zero-order chi connectivity index (χ0) is 37.8. The van der Waals surface area contributed by atoms with Crippen LogP contribution in [0.3, 0.4) is 0 Å². The van der Waals surface area contributed by atoms with Gasteiger partial charge in [0.2, 0.25) is 12.4 Å². The number of likely N-dealkylation sites (N-methyl/N-ethyl adjacent to an activating group) is 1. The van der Waals surface area contributed by atoms with Crippen molar-refractivity contribution < 1.29 is 24.2 Å². The van der Waals surface area contributed by atoms with E-state index in [0.717, 1.165) is 78.0 Å². The highest BCUT2D eigenvalue weighted by Crippen LogP contribution is 2.46. The van der Waals surface area contributed by atoms with Gasteiger partial charge >= 0.3 is 5.97 Å². The number of imidazole rings is 1. The number of carboxylic acid groups (broad SMARTS) is 1. The van der Waals surface area contributed by atoms with Crippen molar-refractivity contribution in [3.63, 3.8) is 0 Å². The van der Waals surface area contributed by atoms with E-state index < -0.39 is 11.9 Å². The molecule has 1 N–H and O–H groups in total. The lowest BCUT2D eigenvalue weighted by molar-refractivity contribution is -0.144. The lowest BCUT2D eigenvalue weighted by atomic mass is 9.79. The molecule has 1 saturated heterocycles. The molecule has 0 spiro atoms.